The van der Waals surface area contributed by atoms with Crippen molar-refractivity contribution in [1.82, 2.24) is 10.2 Å². The minimum Gasteiger partial charge on any atom is -0.392 e. The summed E-state index contributed by atoms with van der Waals surface area (Å²) in [5.41, 5.74) is 0. The van der Waals surface area contributed by atoms with E-state index in [-0.39, 0.29) is 12.0 Å². The topological polar surface area (TPSA) is 52.6 Å². The predicted molar refractivity (Wildman–Crippen MR) is 64.2 cm³/mol. The molecule has 1 saturated heterocycles. The van der Waals surface area contributed by atoms with E-state index < -0.39 is 0 Å². The lowest BCUT2D eigenvalue weighted by Gasteiger charge is -2.20. The van der Waals surface area contributed by atoms with Gasteiger partial charge in [-0.05, 0) is 19.3 Å². The predicted octanol–water partition coefficient (Wildman–Crippen LogP) is 0.749. The van der Waals surface area contributed by atoms with Crippen LogP contribution in [0.3, 0.4) is 0 Å². The lowest BCUT2D eigenvalue weighted by Crippen LogP contribution is -2.40. The fourth-order valence-corrected chi connectivity index (χ4v) is 1.92. The van der Waals surface area contributed by atoms with Crippen molar-refractivity contribution in [2.24, 2.45) is 0 Å². The highest BCUT2D eigenvalue weighted by molar-refractivity contribution is 5.78. The Morgan fingerprint density at radius 1 is 1.31 bits per heavy atom. The summed E-state index contributed by atoms with van der Waals surface area (Å²) in [4.78, 5) is 13.7. The van der Waals surface area contributed by atoms with Crippen LogP contribution in [0.15, 0.2) is 0 Å². The van der Waals surface area contributed by atoms with Crippen LogP contribution in [0.2, 0.25) is 0 Å². The van der Waals surface area contributed by atoms with E-state index in [1.807, 2.05) is 11.8 Å². The van der Waals surface area contributed by atoms with Gasteiger partial charge in [0.1, 0.15) is 0 Å². The number of aliphatic hydroxyl groups excluding tert-OH is 1. The van der Waals surface area contributed by atoms with Gasteiger partial charge in [-0.25, -0.2) is 0 Å². The standard InChI is InChI=1S/C12H24N2O2/c1-2-11(15)9-13-10-12(16)14-7-5-3-4-6-8-14/h11,13,15H,2-10H2,1H3. The van der Waals surface area contributed by atoms with Crippen molar-refractivity contribution in [3.05, 3.63) is 0 Å². The number of aliphatic hydroxyl groups is 1. The molecule has 0 aromatic heterocycles. The lowest BCUT2D eigenvalue weighted by atomic mass is 10.2. The fourth-order valence-electron chi connectivity index (χ4n) is 1.92. The van der Waals surface area contributed by atoms with Gasteiger partial charge in [0.25, 0.3) is 0 Å². The molecule has 4 nitrogen and oxygen atoms in total. The summed E-state index contributed by atoms with van der Waals surface area (Å²) in [5.74, 6) is 0.171. The molecule has 1 unspecified atom stereocenters. The molecule has 1 fully saturated rings. The van der Waals surface area contributed by atoms with Gasteiger partial charge >= 0.3 is 0 Å². The number of hydrogen-bond acceptors (Lipinski definition) is 3. The maximum atomic E-state index is 11.8. The zero-order valence-corrected chi connectivity index (χ0v) is 10.2. The average molecular weight is 228 g/mol. The molecule has 94 valence electrons. The molecule has 1 aliphatic heterocycles. The fraction of sp³-hybridized carbons (Fsp3) is 0.917. The minimum atomic E-state index is -0.336. The van der Waals surface area contributed by atoms with Crippen LogP contribution in [-0.4, -0.2) is 48.2 Å². The van der Waals surface area contributed by atoms with Crippen LogP contribution in [0.25, 0.3) is 0 Å². The molecule has 1 amide bonds. The first kappa shape index (κ1) is 13.5. The summed E-state index contributed by atoms with van der Waals surface area (Å²) in [5, 5.41) is 12.4. The van der Waals surface area contributed by atoms with Gasteiger partial charge in [-0.15, -0.1) is 0 Å². The first-order chi connectivity index (χ1) is 7.74. The first-order valence-corrected chi connectivity index (χ1v) is 6.40. The zero-order chi connectivity index (χ0) is 11.8. The average Bonchev–Trinajstić information content (AvgIpc) is 2.57. The highest BCUT2D eigenvalue weighted by atomic mass is 16.3. The Morgan fingerprint density at radius 3 is 2.50 bits per heavy atom. The molecular formula is C12H24N2O2. The molecule has 0 bridgehead atoms. The zero-order valence-electron chi connectivity index (χ0n) is 10.2. The number of nitrogens with one attached hydrogen (secondary N) is 1. The SMILES string of the molecule is CCC(O)CNCC(=O)N1CCCCCC1. The van der Waals surface area contributed by atoms with E-state index in [0.29, 0.717) is 13.1 Å². The van der Waals surface area contributed by atoms with Crippen molar-refractivity contribution in [2.45, 2.75) is 45.1 Å². The van der Waals surface area contributed by atoms with Gasteiger partial charge in [0.15, 0.2) is 0 Å². The third kappa shape index (κ3) is 4.94. The molecule has 16 heavy (non-hydrogen) atoms. The number of carbonyl (C=O) groups excluding carboxylic acids is 1. The van der Waals surface area contributed by atoms with E-state index in [0.717, 1.165) is 32.4 Å². The maximum Gasteiger partial charge on any atom is 0.236 e. The van der Waals surface area contributed by atoms with Crippen molar-refractivity contribution in [3.8, 4) is 0 Å². The number of carbonyl (C=O) groups is 1. The van der Waals surface area contributed by atoms with Crippen LogP contribution >= 0.6 is 0 Å². The van der Waals surface area contributed by atoms with Gasteiger partial charge in [-0.3, -0.25) is 4.79 Å². The molecule has 0 saturated carbocycles. The molecule has 1 rings (SSSR count). The Labute approximate surface area is 98.0 Å². The highest BCUT2D eigenvalue weighted by Crippen LogP contribution is 2.09. The molecule has 0 aliphatic carbocycles. The Balaban J connectivity index is 2.17. The van der Waals surface area contributed by atoms with E-state index in [9.17, 15) is 9.90 Å². The number of hydrogen-bond donors (Lipinski definition) is 2. The van der Waals surface area contributed by atoms with Gasteiger partial charge < -0.3 is 15.3 Å². The summed E-state index contributed by atoms with van der Waals surface area (Å²) in [7, 11) is 0. The van der Waals surface area contributed by atoms with Gasteiger partial charge in [0.05, 0.1) is 12.6 Å². The quantitative estimate of drug-likeness (QED) is 0.730. The molecule has 1 aliphatic rings. The monoisotopic (exact) mass is 228 g/mol. The van der Waals surface area contributed by atoms with Gasteiger partial charge in [-0.1, -0.05) is 19.8 Å². The third-order valence-corrected chi connectivity index (χ3v) is 3.09. The second-order valence-electron chi connectivity index (χ2n) is 4.49. The van der Waals surface area contributed by atoms with Gasteiger partial charge in [0, 0.05) is 19.6 Å². The first-order valence-electron chi connectivity index (χ1n) is 6.40. The Hall–Kier alpha value is -0.610. The van der Waals surface area contributed by atoms with Crippen LogP contribution in [0, 0.1) is 0 Å². The molecule has 4 heteroatoms. The Kier molecular flexibility index (Phi) is 6.42. The summed E-state index contributed by atoms with van der Waals surface area (Å²) in [6.45, 7) is 4.60. The van der Waals surface area contributed by atoms with Crippen LogP contribution in [0.5, 0.6) is 0 Å². The van der Waals surface area contributed by atoms with Gasteiger partial charge in [-0.2, -0.15) is 0 Å². The van der Waals surface area contributed by atoms with Gasteiger partial charge in [0.2, 0.25) is 5.91 Å². The number of likely N-dealkylation sites (tertiary alicyclic amines) is 1. The molecule has 0 aromatic rings. The van der Waals surface area contributed by atoms with E-state index in [4.69, 9.17) is 0 Å². The molecular weight excluding hydrogens is 204 g/mol. The Bertz CT molecular complexity index is 201. The third-order valence-electron chi connectivity index (χ3n) is 3.09. The van der Waals surface area contributed by atoms with E-state index in [1.54, 1.807) is 0 Å². The molecule has 1 heterocycles. The Morgan fingerprint density at radius 2 is 1.94 bits per heavy atom. The summed E-state index contributed by atoms with van der Waals surface area (Å²) < 4.78 is 0. The molecule has 0 radical (unpaired) electrons. The molecule has 1 atom stereocenters. The van der Waals surface area contributed by atoms with E-state index in [2.05, 4.69) is 5.32 Å². The molecule has 0 spiro atoms. The van der Waals surface area contributed by atoms with Crippen LogP contribution in [-0.2, 0) is 4.79 Å². The lowest BCUT2D eigenvalue weighted by molar-refractivity contribution is -0.130. The largest absolute Gasteiger partial charge is 0.392 e. The second-order valence-corrected chi connectivity index (χ2v) is 4.49. The molecule has 2 N–H and O–H groups in total. The van der Waals surface area contributed by atoms with Crippen molar-refractivity contribution in [2.75, 3.05) is 26.2 Å². The highest BCUT2D eigenvalue weighted by Gasteiger charge is 2.14. The van der Waals surface area contributed by atoms with Crippen molar-refractivity contribution >= 4 is 5.91 Å². The van der Waals surface area contributed by atoms with Crippen LogP contribution < -0.4 is 5.32 Å². The molecule has 0 aromatic carbocycles. The van der Waals surface area contributed by atoms with Crippen molar-refractivity contribution in [1.29, 1.82) is 0 Å². The van der Waals surface area contributed by atoms with Crippen LogP contribution in [0.1, 0.15) is 39.0 Å². The second kappa shape index (κ2) is 7.63. The number of nitrogens with zero attached hydrogens (tertiary/aromatic N) is 1. The smallest absolute Gasteiger partial charge is 0.236 e. The number of rotatable bonds is 5. The summed E-state index contributed by atoms with van der Waals surface area (Å²) >= 11 is 0. The number of amides is 1. The maximum absolute atomic E-state index is 11.8. The van der Waals surface area contributed by atoms with E-state index in [1.165, 1.54) is 12.8 Å². The van der Waals surface area contributed by atoms with E-state index >= 15 is 0 Å². The summed E-state index contributed by atoms with van der Waals surface area (Å²) in [6, 6.07) is 0. The summed E-state index contributed by atoms with van der Waals surface area (Å²) in [6.07, 6.45) is 5.13. The normalized spacial score (nSPS) is 19.2. The van der Waals surface area contributed by atoms with Crippen molar-refractivity contribution in [3.63, 3.8) is 0 Å². The minimum absolute atomic E-state index is 0.171. The van der Waals surface area contributed by atoms with Crippen LogP contribution in [0.4, 0.5) is 0 Å². The van der Waals surface area contributed by atoms with Crippen molar-refractivity contribution < 1.29 is 9.90 Å².